The zero-order chi connectivity index (χ0) is 20.9. The summed E-state index contributed by atoms with van der Waals surface area (Å²) in [6.07, 6.45) is 6.62. The first-order valence-electron chi connectivity index (χ1n) is 10.2. The molecule has 0 amide bonds. The summed E-state index contributed by atoms with van der Waals surface area (Å²) in [4.78, 5) is 8.43. The van der Waals surface area contributed by atoms with Gasteiger partial charge in [0.2, 0.25) is 10.0 Å². The van der Waals surface area contributed by atoms with E-state index in [0.29, 0.717) is 34.9 Å². The van der Waals surface area contributed by atoms with Crippen LogP contribution < -0.4 is 5.32 Å². The first-order chi connectivity index (χ1) is 14.4. The number of nitrogens with one attached hydrogen (secondary N) is 1. The molecule has 0 aliphatic heterocycles. The maximum absolute atomic E-state index is 14.8. The summed E-state index contributed by atoms with van der Waals surface area (Å²) in [6, 6.07) is 11.5. The summed E-state index contributed by atoms with van der Waals surface area (Å²) in [7, 11) is -3.28. The number of hydrogen-bond donors (Lipinski definition) is 1. The van der Waals surface area contributed by atoms with Gasteiger partial charge in [-0.2, -0.15) is 4.31 Å². The molecule has 2 fully saturated rings. The lowest BCUT2D eigenvalue weighted by atomic mass is 10.0. The molecule has 2 saturated carbocycles. The molecule has 1 aromatic heterocycles. The summed E-state index contributed by atoms with van der Waals surface area (Å²) >= 11 is 0. The van der Waals surface area contributed by atoms with Crippen LogP contribution in [-0.2, 0) is 16.6 Å². The first kappa shape index (κ1) is 19.4. The van der Waals surface area contributed by atoms with Gasteiger partial charge in [-0.15, -0.1) is 0 Å². The second-order valence-corrected chi connectivity index (χ2v) is 10.2. The molecule has 5 rings (SSSR count). The third-order valence-electron chi connectivity index (χ3n) is 5.59. The average Bonchev–Trinajstić information content (AvgIpc) is 3.61. The molecule has 0 radical (unpaired) electrons. The van der Waals surface area contributed by atoms with E-state index < -0.39 is 15.8 Å². The third kappa shape index (κ3) is 4.02. The fraction of sp³-hybridized carbons (Fsp3) is 0.364. The molecule has 0 bridgehead atoms. The molecule has 3 aromatic rings. The normalized spacial score (nSPS) is 16.9. The van der Waals surface area contributed by atoms with Crippen molar-refractivity contribution in [3.05, 3.63) is 54.1 Å². The van der Waals surface area contributed by atoms with Crippen LogP contribution in [0.3, 0.4) is 0 Å². The highest BCUT2D eigenvalue weighted by Crippen LogP contribution is 2.34. The molecular weight excluding hydrogens is 403 g/mol. The van der Waals surface area contributed by atoms with Gasteiger partial charge >= 0.3 is 0 Å². The predicted octanol–water partition coefficient (Wildman–Crippen LogP) is 3.93. The second-order valence-electron chi connectivity index (χ2n) is 8.23. The highest BCUT2D eigenvalue weighted by Gasteiger charge is 2.34. The van der Waals surface area contributed by atoms with Gasteiger partial charge in [-0.05, 0) is 60.6 Å². The minimum atomic E-state index is -3.28. The summed E-state index contributed by atoms with van der Waals surface area (Å²) in [5, 5.41) is 4.00. The molecule has 0 saturated heterocycles. The Morgan fingerprint density at radius 1 is 1.10 bits per heavy atom. The average molecular weight is 427 g/mol. The topological polar surface area (TPSA) is 75.2 Å². The zero-order valence-electron chi connectivity index (χ0n) is 16.7. The summed E-state index contributed by atoms with van der Waals surface area (Å²) in [6.45, 7) is 0.324. The van der Waals surface area contributed by atoms with Crippen molar-refractivity contribution in [1.82, 2.24) is 14.3 Å². The molecular formula is C22H23FN4O2S. The van der Waals surface area contributed by atoms with E-state index in [9.17, 15) is 12.8 Å². The van der Waals surface area contributed by atoms with Gasteiger partial charge in [0.1, 0.15) is 23.5 Å². The van der Waals surface area contributed by atoms with Gasteiger partial charge in [0, 0.05) is 24.0 Å². The van der Waals surface area contributed by atoms with Crippen LogP contribution in [0.25, 0.3) is 22.0 Å². The van der Waals surface area contributed by atoms with Crippen LogP contribution in [-0.4, -0.2) is 41.0 Å². The van der Waals surface area contributed by atoms with Crippen LogP contribution in [0.5, 0.6) is 0 Å². The minimum absolute atomic E-state index is 0.0926. The zero-order valence-corrected chi connectivity index (χ0v) is 17.5. The standard InChI is InChI=1S/C22H23FN4O2S/c1-30(28,29)27(18-7-8-18)12-14-3-2-4-15(9-14)16-10-19-21(20(23)11-16)24-13-25-22(19)26-17-5-6-17/h2-4,9-11,13,17-18H,5-8,12H2,1H3,(H,24,25,26). The van der Waals surface area contributed by atoms with Crippen molar-refractivity contribution in [3.8, 4) is 11.1 Å². The number of sulfonamides is 1. The van der Waals surface area contributed by atoms with E-state index in [0.717, 1.165) is 36.8 Å². The van der Waals surface area contributed by atoms with E-state index in [1.165, 1.54) is 18.6 Å². The van der Waals surface area contributed by atoms with Crippen molar-refractivity contribution in [2.45, 2.75) is 44.3 Å². The summed E-state index contributed by atoms with van der Waals surface area (Å²) in [5.74, 6) is 0.251. The maximum Gasteiger partial charge on any atom is 0.211 e. The largest absolute Gasteiger partial charge is 0.367 e. The number of benzene rings is 2. The van der Waals surface area contributed by atoms with Crippen LogP contribution in [0.1, 0.15) is 31.2 Å². The van der Waals surface area contributed by atoms with E-state index in [1.54, 1.807) is 4.31 Å². The quantitative estimate of drug-likeness (QED) is 0.620. The predicted molar refractivity (Wildman–Crippen MR) is 115 cm³/mol. The number of hydrogen-bond acceptors (Lipinski definition) is 5. The number of halogens is 1. The second kappa shape index (κ2) is 7.28. The van der Waals surface area contributed by atoms with Crippen LogP contribution in [0.2, 0.25) is 0 Å². The Morgan fingerprint density at radius 3 is 2.60 bits per heavy atom. The van der Waals surface area contributed by atoms with E-state index in [-0.39, 0.29) is 6.04 Å². The Morgan fingerprint density at radius 2 is 1.90 bits per heavy atom. The maximum atomic E-state index is 14.8. The monoisotopic (exact) mass is 426 g/mol. The molecule has 1 N–H and O–H groups in total. The molecule has 2 aromatic carbocycles. The highest BCUT2D eigenvalue weighted by molar-refractivity contribution is 7.88. The van der Waals surface area contributed by atoms with Crippen molar-refractivity contribution in [1.29, 1.82) is 0 Å². The van der Waals surface area contributed by atoms with Gasteiger partial charge in [0.25, 0.3) is 0 Å². The first-order valence-corrected chi connectivity index (χ1v) is 12.0. The van der Waals surface area contributed by atoms with E-state index in [4.69, 9.17) is 0 Å². The fourth-order valence-electron chi connectivity index (χ4n) is 3.74. The van der Waals surface area contributed by atoms with Crippen molar-refractivity contribution >= 4 is 26.7 Å². The van der Waals surface area contributed by atoms with Crippen LogP contribution in [0.4, 0.5) is 10.2 Å². The smallest absolute Gasteiger partial charge is 0.211 e. The van der Waals surface area contributed by atoms with Crippen molar-refractivity contribution in [3.63, 3.8) is 0 Å². The van der Waals surface area contributed by atoms with Gasteiger partial charge < -0.3 is 5.32 Å². The SMILES string of the molecule is CS(=O)(=O)N(Cc1cccc(-c2cc(F)c3ncnc(NC4CC4)c3c2)c1)C1CC1. The molecule has 6 nitrogen and oxygen atoms in total. The van der Waals surface area contributed by atoms with Crippen LogP contribution >= 0.6 is 0 Å². The fourth-order valence-corrected chi connectivity index (χ4v) is 4.87. The Labute approximate surface area is 175 Å². The van der Waals surface area contributed by atoms with Gasteiger partial charge in [-0.3, -0.25) is 0 Å². The molecule has 8 heteroatoms. The lowest BCUT2D eigenvalue weighted by molar-refractivity contribution is 0.402. The van der Waals surface area contributed by atoms with Gasteiger partial charge in [0.05, 0.1) is 6.26 Å². The number of aromatic nitrogens is 2. The number of nitrogens with zero attached hydrogens (tertiary/aromatic N) is 3. The van der Waals surface area contributed by atoms with Gasteiger partial charge in [0.15, 0.2) is 0 Å². The number of rotatable bonds is 7. The van der Waals surface area contributed by atoms with E-state index >= 15 is 0 Å². The van der Waals surface area contributed by atoms with E-state index in [1.807, 2.05) is 30.3 Å². The molecule has 2 aliphatic carbocycles. The van der Waals surface area contributed by atoms with Crippen molar-refractivity contribution in [2.75, 3.05) is 11.6 Å². The molecule has 30 heavy (non-hydrogen) atoms. The van der Waals surface area contributed by atoms with Crippen molar-refractivity contribution in [2.24, 2.45) is 0 Å². The lowest BCUT2D eigenvalue weighted by Gasteiger charge is -2.20. The van der Waals surface area contributed by atoms with Crippen LogP contribution in [0, 0.1) is 5.82 Å². The molecule has 0 spiro atoms. The van der Waals surface area contributed by atoms with E-state index in [2.05, 4.69) is 15.3 Å². The van der Waals surface area contributed by atoms with Gasteiger partial charge in [-0.25, -0.2) is 22.8 Å². The Kier molecular flexibility index (Phi) is 4.71. The Balaban J connectivity index is 1.51. The lowest BCUT2D eigenvalue weighted by Crippen LogP contribution is -2.31. The molecule has 0 unspecified atom stereocenters. The van der Waals surface area contributed by atoms with Crippen molar-refractivity contribution < 1.29 is 12.8 Å². The molecule has 156 valence electrons. The third-order valence-corrected chi connectivity index (χ3v) is 6.87. The number of anilines is 1. The molecule has 1 heterocycles. The minimum Gasteiger partial charge on any atom is -0.367 e. The Hall–Kier alpha value is -2.58. The number of fused-ring (bicyclic) bond motifs is 1. The highest BCUT2D eigenvalue weighted by atomic mass is 32.2. The Bertz CT molecular complexity index is 1220. The molecule has 2 aliphatic rings. The summed E-state index contributed by atoms with van der Waals surface area (Å²) in [5.41, 5.74) is 2.72. The summed E-state index contributed by atoms with van der Waals surface area (Å²) < 4.78 is 40.7. The molecule has 0 atom stereocenters. The van der Waals surface area contributed by atoms with Crippen LogP contribution in [0.15, 0.2) is 42.7 Å². The van der Waals surface area contributed by atoms with Gasteiger partial charge in [-0.1, -0.05) is 18.2 Å².